The predicted octanol–water partition coefficient (Wildman–Crippen LogP) is 4.46. The van der Waals surface area contributed by atoms with Crippen molar-refractivity contribution in [3.8, 4) is 11.5 Å². The number of hydrazone groups is 1. The lowest BCUT2D eigenvalue weighted by Crippen LogP contribution is -2.34. The summed E-state index contributed by atoms with van der Waals surface area (Å²) in [7, 11) is 1.54. The van der Waals surface area contributed by atoms with E-state index < -0.39 is 11.8 Å². The molecule has 2 N–H and O–H groups in total. The van der Waals surface area contributed by atoms with Gasteiger partial charge in [-0.3, -0.25) is 9.59 Å². The van der Waals surface area contributed by atoms with Crippen molar-refractivity contribution in [1.82, 2.24) is 10.7 Å². The van der Waals surface area contributed by atoms with Gasteiger partial charge in [-0.05, 0) is 59.7 Å². The van der Waals surface area contributed by atoms with Crippen LogP contribution in [0, 0.1) is 0 Å². The lowest BCUT2D eigenvalue weighted by Gasteiger charge is -2.11. The van der Waals surface area contributed by atoms with E-state index in [0.717, 1.165) is 5.56 Å². The summed E-state index contributed by atoms with van der Waals surface area (Å²) in [6.07, 6.45) is 1.46. The first-order valence-corrected chi connectivity index (χ1v) is 10.6. The van der Waals surface area contributed by atoms with Crippen LogP contribution in [-0.2, 0) is 11.4 Å². The molecule has 7 nitrogen and oxygen atoms in total. The van der Waals surface area contributed by atoms with Gasteiger partial charge in [-0.2, -0.15) is 5.10 Å². The molecule has 2 amide bonds. The van der Waals surface area contributed by atoms with Crippen LogP contribution in [0.3, 0.4) is 0 Å². The maximum atomic E-state index is 12.0. The highest BCUT2D eigenvalue weighted by Crippen LogP contribution is 2.28. The third-order valence-corrected chi connectivity index (χ3v) is 4.88. The summed E-state index contributed by atoms with van der Waals surface area (Å²) >= 11 is 11.8. The fourth-order valence-corrected chi connectivity index (χ4v) is 3.05. The Labute approximate surface area is 201 Å². The first-order chi connectivity index (χ1) is 15.9. The molecule has 0 atom stereocenters. The number of nitrogens with zero attached hydrogens (tertiary/aromatic N) is 1. The standard InChI is InChI=1S/C24H21Cl2N3O4/c1-32-22-11-17(7-10-21(22)33-15-16-5-8-19(25)9-6-16)13-28-29-23(30)14-27-24(31)18-3-2-4-20(26)12-18/h2-13H,14-15H2,1H3,(H,27,31)(H,29,30). The van der Waals surface area contributed by atoms with Gasteiger partial charge in [0.1, 0.15) is 6.61 Å². The lowest BCUT2D eigenvalue weighted by molar-refractivity contribution is -0.120. The monoisotopic (exact) mass is 485 g/mol. The molecule has 170 valence electrons. The third-order valence-electron chi connectivity index (χ3n) is 4.39. The zero-order valence-corrected chi connectivity index (χ0v) is 19.2. The van der Waals surface area contributed by atoms with Crippen LogP contribution in [0.15, 0.2) is 71.8 Å². The number of carbonyl (C=O) groups is 2. The fraction of sp³-hybridized carbons (Fsp3) is 0.125. The summed E-state index contributed by atoms with van der Waals surface area (Å²) in [4.78, 5) is 24.0. The highest BCUT2D eigenvalue weighted by molar-refractivity contribution is 6.31. The summed E-state index contributed by atoms with van der Waals surface area (Å²) in [5, 5.41) is 7.51. The quantitative estimate of drug-likeness (QED) is 0.345. The minimum atomic E-state index is -0.475. The Morgan fingerprint density at radius 3 is 2.48 bits per heavy atom. The van der Waals surface area contributed by atoms with Crippen molar-refractivity contribution in [2.45, 2.75) is 6.61 Å². The molecule has 0 unspecified atom stereocenters. The van der Waals surface area contributed by atoms with Crippen molar-refractivity contribution in [3.63, 3.8) is 0 Å². The van der Waals surface area contributed by atoms with Gasteiger partial charge in [-0.1, -0.05) is 41.4 Å². The second-order valence-electron chi connectivity index (χ2n) is 6.81. The summed E-state index contributed by atoms with van der Waals surface area (Å²) in [6.45, 7) is 0.126. The smallest absolute Gasteiger partial charge is 0.259 e. The van der Waals surface area contributed by atoms with Gasteiger partial charge in [0, 0.05) is 15.6 Å². The van der Waals surface area contributed by atoms with E-state index in [0.29, 0.717) is 39.3 Å². The van der Waals surface area contributed by atoms with E-state index in [1.165, 1.54) is 19.4 Å². The number of benzene rings is 3. The Kier molecular flexibility index (Phi) is 8.69. The summed E-state index contributed by atoms with van der Waals surface area (Å²) in [5.74, 6) is 0.206. The first-order valence-electron chi connectivity index (χ1n) is 9.85. The zero-order chi connectivity index (χ0) is 23.6. The molecule has 0 radical (unpaired) electrons. The van der Waals surface area contributed by atoms with E-state index in [-0.39, 0.29) is 6.54 Å². The molecule has 0 fully saturated rings. The van der Waals surface area contributed by atoms with Gasteiger partial charge in [0.15, 0.2) is 11.5 Å². The van der Waals surface area contributed by atoms with E-state index >= 15 is 0 Å². The van der Waals surface area contributed by atoms with Crippen LogP contribution in [0.2, 0.25) is 10.0 Å². The van der Waals surface area contributed by atoms with E-state index in [1.54, 1.807) is 48.5 Å². The van der Waals surface area contributed by atoms with E-state index in [4.69, 9.17) is 32.7 Å². The Bertz CT molecular complexity index is 1150. The van der Waals surface area contributed by atoms with Crippen LogP contribution in [0.4, 0.5) is 0 Å². The third kappa shape index (κ3) is 7.52. The molecule has 0 aromatic heterocycles. The van der Waals surface area contributed by atoms with Crippen LogP contribution in [0.25, 0.3) is 0 Å². The Morgan fingerprint density at radius 1 is 0.970 bits per heavy atom. The van der Waals surface area contributed by atoms with Crippen molar-refractivity contribution < 1.29 is 19.1 Å². The zero-order valence-electron chi connectivity index (χ0n) is 17.7. The minimum Gasteiger partial charge on any atom is -0.493 e. The molecule has 3 aromatic carbocycles. The number of nitrogens with one attached hydrogen (secondary N) is 2. The number of halogens is 2. The molecule has 0 saturated heterocycles. The molecule has 9 heteroatoms. The summed E-state index contributed by atoms with van der Waals surface area (Å²) in [5.41, 5.74) is 4.38. The van der Waals surface area contributed by atoms with Gasteiger partial charge in [-0.25, -0.2) is 5.43 Å². The number of ether oxygens (including phenoxy) is 2. The van der Waals surface area contributed by atoms with Crippen molar-refractivity contribution in [2.24, 2.45) is 5.10 Å². The van der Waals surface area contributed by atoms with Gasteiger partial charge >= 0.3 is 0 Å². The van der Waals surface area contributed by atoms with Crippen molar-refractivity contribution in [2.75, 3.05) is 13.7 Å². The van der Waals surface area contributed by atoms with E-state index in [2.05, 4.69) is 15.8 Å². The topological polar surface area (TPSA) is 89.0 Å². The average molecular weight is 486 g/mol. The molecule has 0 heterocycles. The van der Waals surface area contributed by atoms with Crippen LogP contribution in [-0.4, -0.2) is 31.7 Å². The Balaban J connectivity index is 1.50. The average Bonchev–Trinajstić information content (AvgIpc) is 2.82. The molecule has 0 saturated carbocycles. The normalized spacial score (nSPS) is 10.6. The van der Waals surface area contributed by atoms with Crippen LogP contribution in [0.1, 0.15) is 21.5 Å². The largest absolute Gasteiger partial charge is 0.493 e. The van der Waals surface area contributed by atoms with E-state index in [9.17, 15) is 9.59 Å². The number of rotatable bonds is 9. The Morgan fingerprint density at radius 2 is 1.76 bits per heavy atom. The first kappa shape index (κ1) is 24.1. The molecule has 0 bridgehead atoms. The van der Waals surface area contributed by atoms with Gasteiger partial charge in [0.25, 0.3) is 11.8 Å². The maximum absolute atomic E-state index is 12.0. The SMILES string of the molecule is COc1cc(C=NNC(=O)CNC(=O)c2cccc(Cl)c2)ccc1OCc1ccc(Cl)cc1. The van der Waals surface area contributed by atoms with Crippen LogP contribution < -0.4 is 20.2 Å². The lowest BCUT2D eigenvalue weighted by atomic mass is 10.2. The highest BCUT2D eigenvalue weighted by atomic mass is 35.5. The molecule has 0 spiro atoms. The maximum Gasteiger partial charge on any atom is 0.259 e. The second-order valence-corrected chi connectivity index (χ2v) is 7.68. The Hall–Kier alpha value is -3.55. The van der Waals surface area contributed by atoms with Crippen molar-refractivity contribution in [3.05, 3.63) is 93.5 Å². The number of methoxy groups -OCH3 is 1. The highest BCUT2D eigenvalue weighted by Gasteiger charge is 2.08. The number of hydrogen-bond acceptors (Lipinski definition) is 5. The molecule has 3 aromatic rings. The molecule has 0 aliphatic rings. The number of amides is 2. The van der Waals surface area contributed by atoms with Crippen LogP contribution in [0.5, 0.6) is 11.5 Å². The molecular weight excluding hydrogens is 465 g/mol. The van der Waals surface area contributed by atoms with Crippen LogP contribution >= 0.6 is 23.2 Å². The van der Waals surface area contributed by atoms with Gasteiger partial charge in [0.2, 0.25) is 0 Å². The summed E-state index contributed by atoms with van der Waals surface area (Å²) < 4.78 is 11.2. The fourth-order valence-electron chi connectivity index (χ4n) is 2.74. The molecule has 0 aliphatic carbocycles. The molecule has 33 heavy (non-hydrogen) atoms. The number of carbonyl (C=O) groups excluding carboxylic acids is 2. The minimum absolute atomic E-state index is 0.233. The summed E-state index contributed by atoms with van der Waals surface area (Å²) in [6, 6.07) is 19.1. The number of hydrogen-bond donors (Lipinski definition) is 2. The predicted molar refractivity (Wildman–Crippen MR) is 128 cm³/mol. The van der Waals surface area contributed by atoms with Crippen molar-refractivity contribution >= 4 is 41.2 Å². The van der Waals surface area contributed by atoms with Crippen molar-refractivity contribution in [1.29, 1.82) is 0 Å². The van der Waals surface area contributed by atoms with Gasteiger partial charge in [0.05, 0.1) is 19.9 Å². The second kappa shape index (κ2) is 11.9. The molecular formula is C24H21Cl2N3O4. The van der Waals surface area contributed by atoms with E-state index in [1.807, 2.05) is 12.1 Å². The molecule has 0 aliphatic heterocycles. The van der Waals surface area contributed by atoms with Gasteiger partial charge < -0.3 is 14.8 Å². The van der Waals surface area contributed by atoms with Gasteiger partial charge in [-0.15, -0.1) is 0 Å². The molecule has 3 rings (SSSR count).